The van der Waals surface area contributed by atoms with E-state index in [1.807, 2.05) is 66.2 Å². The van der Waals surface area contributed by atoms with Gasteiger partial charge in [-0.05, 0) is 30.7 Å². The van der Waals surface area contributed by atoms with Crippen molar-refractivity contribution >= 4 is 22.1 Å². The van der Waals surface area contributed by atoms with Gasteiger partial charge < -0.3 is 14.3 Å². The molecule has 10 nitrogen and oxygen atoms in total. The predicted octanol–water partition coefficient (Wildman–Crippen LogP) is 5.03. The third-order valence-corrected chi connectivity index (χ3v) is 6.25. The fourth-order valence-corrected chi connectivity index (χ4v) is 4.38. The van der Waals surface area contributed by atoms with Crippen LogP contribution in [-0.4, -0.2) is 44.7 Å². The second-order valence-electron chi connectivity index (χ2n) is 8.91. The zero-order valence-electron chi connectivity index (χ0n) is 20.3. The zero-order valence-corrected chi connectivity index (χ0v) is 20.3. The summed E-state index contributed by atoms with van der Waals surface area (Å²) in [5, 5.41) is 7.59. The Labute approximate surface area is 216 Å². The molecule has 0 bridgehead atoms. The van der Waals surface area contributed by atoms with Crippen molar-refractivity contribution in [3.8, 4) is 34.2 Å². The van der Waals surface area contributed by atoms with Crippen LogP contribution in [0.15, 0.2) is 85.8 Å². The van der Waals surface area contributed by atoms with Crippen LogP contribution in [0.25, 0.3) is 50.5 Å². The maximum Gasteiger partial charge on any atom is 0.161 e. The van der Waals surface area contributed by atoms with Crippen LogP contribution >= 0.6 is 0 Å². The standard InChI is InChI=1S/C28H21N9O/c1-17-14-37(16-31-17)24-13-30-12-23-25(24)34-28(33-23)27-26-22(35-36-27)8-7-21(32-26)19-9-20(11-29-10-19)38-15-18-5-3-2-4-6-18/h2-14,16H,15H2,1H3,(H,33,34)(H,35,36). The van der Waals surface area contributed by atoms with Crippen molar-refractivity contribution in [2.75, 3.05) is 0 Å². The van der Waals surface area contributed by atoms with Crippen LogP contribution in [0.1, 0.15) is 11.3 Å². The summed E-state index contributed by atoms with van der Waals surface area (Å²) in [6.45, 7) is 2.41. The van der Waals surface area contributed by atoms with Gasteiger partial charge in [0, 0.05) is 18.0 Å². The van der Waals surface area contributed by atoms with Crippen LogP contribution in [0, 0.1) is 6.92 Å². The number of benzene rings is 1. The van der Waals surface area contributed by atoms with E-state index in [1.165, 1.54) is 0 Å². The van der Waals surface area contributed by atoms with Gasteiger partial charge in [0.15, 0.2) is 11.5 Å². The highest BCUT2D eigenvalue weighted by Gasteiger charge is 2.17. The lowest BCUT2D eigenvalue weighted by Gasteiger charge is -2.08. The number of fused-ring (bicyclic) bond motifs is 2. The Hall–Kier alpha value is -5.38. The van der Waals surface area contributed by atoms with E-state index in [-0.39, 0.29) is 0 Å². The average Bonchev–Trinajstić information content (AvgIpc) is 3.70. The van der Waals surface area contributed by atoms with Crippen LogP contribution in [0.5, 0.6) is 5.75 Å². The van der Waals surface area contributed by atoms with Crippen molar-refractivity contribution < 1.29 is 4.74 Å². The summed E-state index contributed by atoms with van der Waals surface area (Å²) in [7, 11) is 0. The summed E-state index contributed by atoms with van der Waals surface area (Å²) in [4.78, 5) is 26.2. The molecule has 0 aliphatic carbocycles. The number of aromatic amines is 2. The first-order valence-corrected chi connectivity index (χ1v) is 12.0. The molecule has 7 rings (SSSR count). The molecule has 6 aromatic heterocycles. The minimum Gasteiger partial charge on any atom is -0.487 e. The summed E-state index contributed by atoms with van der Waals surface area (Å²) in [6, 6.07) is 15.9. The third kappa shape index (κ3) is 3.94. The lowest BCUT2D eigenvalue weighted by atomic mass is 10.1. The van der Waals surface area contributed by atoms with E-state index in [1.54, 1.807) is 31.1 Å². The van der Waals surface area contributed by atoms with Crippen molar-refractivity contribution in [1.82, 2.24) is 44.7 Å². The van der Waals surface area contributed by atoms with E-state index in [0.717, 1.165) is 44.8 Å². The molecule has 0 spiro atoms. The Morgan fingerprint density at radius 3 is 2.66 bits per heavy atom. The molecule has 7 aromatic rings. The van der Waals surface area contributed by atoms with Gasteiger partial charge in [0.1, 0.15) is 23.4 Å². The molecule has 0 unspecified atom stereocenters. The molecule has 0 atom stereocenters. The number of hydrogen-bond acceptors (Lipinski definition) is 7. The molecule has 0 radical (unpaired) electrons. The largest absolute Gasteiger partial charge is 0.487 e. The first kappa shape index (κ1) is 21.9. The monoisotopic (exact) mass is 499 g/mol. The molecule has 0 amide bonds. The highest BCUT2D eigenvalue weighted by Crippen LogP contribution is 2.30. The molecule has 38 heavy (non-hydrogen) atoms. The zero-order chi connectivity index (χ0) is 25.5. The second kappa shape index (κ2) is 8.93. The van der Waals surface area contributed by atoms with E-state index in [2.05, 4.69) is 30.1 Å². The Morgan fingerprint density at radius 2 is 1.79 bits per heavy atom. The van der Waals surface area contributed by atoms with Gasteiger partial charge in [-0.1, -0.05) is 30.3 Å². The number of hydrogen-bond donors (Lipinski definition) is 2. The molecule has 10 heteroatoms. The van der Waals surface area contributed by atoms with Gasteiger partial charge >= 0.3 is 0 Å². The van der Waals surface area contributed by atoms with Crippen molar-refractivity contribution in [1.29, 1.82) is 0 Å². The fraction of sp³-hybridized carbons (Fsp3) is 0.0714. The Kier molecular flexibility index (Phi) is 5.14. The lowest BCUT2D eigenvalue weighted by Crippen LogP contribution is -1.96. The van der Waals surface area contributed by atoms with E-state index >= 15 is 0 Å². The quantitative estimate of drug-likeness (QED) is 0.329. The van der Waals surface area contributed by atoms with E-state index < -0.39 is 0 Å². The maximum atomic E-state index is 5.97. The van der Waals surface area contributed by atoms with Crippen molar-refractivity contribution in [2.45, 2.75) is 13.5 Å². The molecular formula is C28H21N9O. The van der Waals surface area contributed by atoms with Crippen molar-refractivity contribution in [2.24, 2.45) is 0 Å². The number of rotatable bonds is 6. The minimum atomic E-state index is 0.464. The van der Waals surface area contributed by atoms with Gasteiger partial charge in [0.2, 0.25) is 0 Å². The predicted molar refractivity (Wildman–Crippen MR) is 143 cm³/mol. The molecule has 1 aromatic carbocycles. The number of nitrogens with zero attached hydrogens (tertiary/aromatic N) is 7. The first-order chi connectivity index (χ1) is 18.7. The smallest absolute Gasteiger partial charge is 0.161 e. The summed E-state index contributed by atoms with van der Waals surface area (Å²) in [5.41, 5.74) is 8.12. The fourth-order valence-electron chi connectivity index (χ4n) is 4.38. The summed E-state index contributed by atoms with van der Waals surface area (Å²) < 4.78 is 7.88. The van der Waals surface area contributed by atoms with E-state index in [0.29, 0.717) is 29.4 Å². The van der Waals surface area contributed by atoms with Crippen LogP contribution < -0.4 is 4.74 Å². The minimum absolute atomic E-state index is 0.464. The van der Waals surface area contributed by atoms with Gasteiger partial charge in [0.25, 0.3) is 0 Å². The van der Waals surface area contributed by atoms with Crippen LogP contribution in [0.2, 0.25) is 0 Å². The maximum absolute atomic E-state index is 5.97. The van der Waals surface area contributed by atoms with Crippen LogP contribution in [0.4, 0.5) is 0 Å². The third-order valence-electron chi connectivity index (χ3n) is 6.25. The van der Waals surface area contributed by atoms with Gasteiger partial charge in [-0.15, -0.1) is 0 Å². The molecule has 2 N–H and O–H groups in total. The molecule has 0 aliphatic heterocycles. The van der Waals surface area contributed by atoms with Gasteiger partial charge in [-0.3, -0.25) is 15.1 Å². The number of ether oxygens (including phenoxy) is 1. The molecule has 184 valence electrons. The Morgan fingerprint density at radius 1 is 0.895 bits per heavy atom. The summed E-state index contributed by atoms with van der Waals surface area (Å²) >= 11 is 0. The number of aryl methyl sites for hydroxylation is 1. The second-order valence-corrected chi connectivity index (χ2v) is 8.91. The van der Waals surface area contributed by atoms with Crippen LogP contribution in [0.3, 0.4) is 0 Å². The Bertz CT molecular complexity index is 1900. The Balaban J connectivity index is 1.24. The number of pyridine rings is 3. The molecular weight excluding hydrogens is 478 g/mol. The first-order valence-electron chi connectivity index (χ1n) is 12.0. The topological polar surface area (TPSA) is 123 Å². The lowest BCUT2D eigenvalue weighted by molar-refractivity contribution is 0.305. The van der Waals surface area contributed by atoms with E-state index in [9.17, 15) is 0 Å². The highest BCUT2D eigenvalue weighted by molar-refractivity contribution is 5.92. The SMILES string of the molecule is Cc1cn(-c2cncc3[nH]c(-c4n[nH]c5ccc(-c6cncc(OCc7ccccc7)c6)nc45)nc23)cn1. The van der Waals surface area contributed by atoms with Gasteiger partial charge in [-0.2, -0.15) is 5.10 Å². The number of imidazole rings is 2. The normalized spacial score (nSPS) is 11.4. The van der Waals surface area contributed by atoms with Crippen molar-refractivity contribution in [3.05, 3.63) is 97.1 Å². The van der Waals surface area contributed by atoms with E-state index in [4.69, 9.17) is 14.7 Å². The number of nitrogens with one attached hydrogen (secondary N) is 2. The summed E-state index contributed by atoms with van der Waals surface area (Å²) in [6.07, 6.45) is 10.7. The van der Waals surface area contributed by atoms with Gasteiger partial charge in [0.05, 0.1) is 53.0 Å². The molecule has 6 heterocycles. The van der Waals surface area contributed by atoms with Crippen molar-refractivity contribution in [3.63, 3.8) is 0 Å². The number of aromatic nitrogens is 9. The molecule has 0 fully saturated rings. The van der Waals surface area contributed by atoms with Gasteiger partial charge in [-0.25, -0.2) is 15.0 Å². The molecule has 0 saturated heterocycles. The number of H-pyrrole nitrogens is 2. The molecule has 0 aliphatic rings. The van der Waals surface area contributed by atoms with Crippen LogP contribution in [-0.2, 0) is 6.61 Å². The highest BCUT2D eigenvalue weighted by atomic mass is 16.5. The molecule has 0 saturated carbocycles. The summed E-state index contributed by atoms with van der Waals surface area (Å²) in [5.74, 6) is 1.27. The average molecular weight is 500 g/mol.